The molecule has 0 saturated carbocycles. The minimum atomic E-state index is -5.28. The number of anilines is 1. The summed E-state index contributed by atoms with van der Waals surface area (Å²) >= 11 is 0. The number of rotatable bonds is 2. The number of aromatic nitrogens is 1. The Balaban J connectivity index is 2.26. The average molecular weight is 344 g/mol. The van der Waals surface area contributed by atoms with E-state index in [0.717, 1.165) is 17.0 Å². The van der Waals surface area contributed by atoms with E-state index in [1.807, 2.05) is 0 Å². The highest BCUT2D eigenvalue weighted by atomic mass is 19.4. The number of nitrogens with zero attached hydrogens (tertiary/aromatic N) is 2. The summed E-state index contributed by atoms with van der Waals surface area (Å²) in [6.45, 7) is -0.120. The maximum absolute atomic E-state index is 12.6. The number of carbonyl (C=O) groups excluding carboxylic acids is 1. The van der Waals surface area contributed by atoms with Gasteiger partial charge in [0.2, 0.25) is 6.23 Å². The molecule has 128 valence electrons. The highest BCUT2D eigenvalue weighted by Crippen LogP contribution is 2.32. The molecule has 23 heavy (non-hydrogen) atoms. The summed E-state index contributed by atoms with van der Waals surface area (Å²) in [7, 11) is 0. The van der Waals surface area contributed by atoms with Crippen molar-refractivity contribution in [3.8, 4) is 0 Å². The van der Waals surface area contributed by atoms with Crippen molar-refractivity contribution in [2.24, 2.45) is 0 Å². The molecule has 1 N–H and O–H groups in total. The Morgan fingerprint density at radius 2 is 1.91 bits per heavy atom. The Morgan fingerprint density at radius 3 is 2.48 bits per heavy atom. The van der Waals surface area contributed by atoms with Gasteiger partial charge in [-0.25, -0.2) is 9.78 Å². The second-order valence-corrected chi connectivity index (χ2v) is 4.72. The molecule has 0 amide bonds. The molecule has 11 heteroatoms. The lowest BCUT2D eigenvalue weighted by atomic mass is 10.3. The summed E-state index contributed by atoms with van der Waals surface area (Å²) in [6, 6.07) is 2.81. The largest absolute Gasteiger partial charge is 0.491 e. The molecule has 2 unspecified atom stereocenters. The second kappa shape index (κ2) is 5.87. The maximum Gasteiger partial charge on any atom is 0.491 e. The van der Waals surface area contributed by atoms with Gasteiger partial charge >= 0.3 is 18.3 Å². The van der Waals surface area contributed by atoms with Crippen LogP contribution in [-0.2, 0) is 15.7 Å². The van der Waals surface area contributed by atoms with Gasteiger partial charge in [-0.1, -0.05) is 6.07 Å². The molecule has 0 bridgehead atoms. The van der Waals surface area contributed by atoms with Crippen molar-refractivity contribution in [3.05, 3.63) is 23.9 Å². The normalized spacial score (nSPS) is 22.3. The molecule has 1 aromatic heterocycles. The summed E-state index contributed by atoms with van der Waals surface area (Å²) < 4.78 is 78.8. The van der Waals surface area contributed by atoms with Crippen LogP contribution in [0.15, 0.2) is 18.2 Å². The van der Waals surface area contributed by atoms with E-state index in [0.29, 0.717) is 6.07 Å². The third-order valence-electron chi connectivity index (χ3n) is 3.08. The van der Waals surface area contributed by atoms with Crippen LogP contribution in [0.5, 0.6) is 0 Å². The minimum Gasteiger partial charge on any atom is -0.432 e. The molecular formula is C12H10F6N2O3. The Morgan fingerprint density at radius 1 is 1.26 bits per heavy atom. The van der Waals surface area contributed by atoms with Crippen molar-refractivity contribution >= 4 is 11.8 Å². The van der Waals surface area contributed by atoms with E-state index in [4.69, 9.17) is 0 Å². The number of ether oxygens (including phenoxy) is 1. The molecule has 2 atom stereocenters. The first kappa shape index (κ1) is 17.3. The molecule has 1 aliphatic rings. The quantitative estimate of drug-likeness (QED) is 0.658. The van der Waals surface area contributed by atoms with Gasteiger partial charge in [0, 0.05) is 6.54 Å². The number of carbonyl (C=O) groups is 1. The van der Waals surface area contributed by atoms with E-state index in [1.54, 1.807) is 0 Å². The van der Waals surface area contributed by atoms with Crippen LogP contribution in [0.25, 0.3) is 0 Å². The predicted octanol–water partition coefficient (Wildman–Crippen LogP) is 2.10. The van der Waals surface area contributed by atoms with Crippen molar-refractivity contribution < 1.29 is 41.0 Å². The van der Waals surface area contributed by atoms with E-state index in [2.05, 4.69) is 9.72 Å². The van der Waals surface area contributed by atoms with Crippen LogP contribution in [-0.4, -0.2) is 41.1 Å². The molecule has 1 saturated heterocycles. The summed E-state index contributed by atoms with van der Waals surface area (Å²) in [5.74, 6) is -2.89. The van der Waals surface area contributed by atoms with E-state index in [9.17, 15) is 36.2 Å². The van der Waals surface area contributed by atoms with Crippen molar-refractivity contribution in [3.63, 3.8) is 0 Å². The van der Waals surface area contributed by atoms with E-state index in [1.165, 1.54) is 0 Å². The molecular weight excluding hydrogens is 334 g/mol. The number of halogens is 6. The van der Waals surface area contributed by atoms with Crippen LogP contribution in [0, 0.1) is 0 Å². The van der Waals surface area contributed by atoms with Crippen LogP contribution in [0.4, 0.5) is 32.2 Å². The Bertz CT molecular complexity index is 589. The fraction of sp³-hybridized carbons (Fsp3) is 0.500. The van der Waals surface area contributed by atoms with Gasteiger partial charge in [-0.3, -0.25) is 0 Å². The molecule has 0 spiro atoms. The van der Waals surface area contributed by atoms with E-state index < -0.39 is 36.3 Å². The van der Waals surface area contributed by atoms with Crippen LogP contribution >= 0.6 is 0 Å². The number of hydrogen-bond acceptors (Lipinski definition) is 5. The van der Waals surface area contributed by atoms with E-state index >= 15 is 0 Å². The molecule has 1 aliphatic heterocycles. The number of hydrogen-bond donors (Lipinski definition) is 1. The first-order chi connectivity index (χ1) is 10.5. The van der Waals surface area contributed by atoms with Crippen LogP contribution in [0.3, 0.4) is 0 Å². The Hall–Kier alpha value is -2.04. The third kappa shape index (κ3) is 3.84. The number of aliphatic hydroxyl groups is 1. The fourth-order valence-electron chi connectivity index (χ4n) is 2.05. The van der Waals surface area contributed by atoms with Gasteiger partial charge < -0.3 is 14.7 Å². The van der Waals surface area contributed by atoms with Crippen molar-refractivity contribution in [2.45, 2.75) is 31.1 Å². The molecule has 5 nitrogen and oxygen atoms in total. The molecule has 0 radical (unpaired) electrons. The zero-order chi connectivity index (χ0) is 17.4. The molecule has 1 fully saturated rings. The zero-order valence-electron chi connectivity index (χ0n) is 11.2. The minimum absolute atomic E-state index is 0.0896. The number of pyridine rings is 1. The van der Waals surface area contributed by atoms with Gasteiger partial charge in [0.1, 0.15) is 17.6 Å². The Labute approximate surface area is 125 Å². The highest BCUT2D eigenvalue weighted by Gasteiger charge is 2.46. The van der Waals surface area contributed by atoms with Crippen LogP contribution < -0.4 is 4.90 Å². The van der Waals surface area contributed by atoms with Crippen molar-refractivity contribution in [1.29, 1.82) is 0 Å². The van der Waals surface area contributed by atoms with E-state index in [-0.39, 0.29) is 18.8 Å². The standard InChI is InChI=1S/C12H10F6N2O3/c13-11(14,15)7-2-1-3-8(19-7)20-5-4-6(21)9(20)23-10(22)12(16,17)18/h1-3,6,9,21H,4-5H2. The molecule has 2 rings (SSSR count). The van der Waals surface area contributed by atoms with Crippen molar-refractivity contribution in [2.75, 3.05) is 11.4 Å². The lowest BCUT2D eigenvalue weighted by Crippen LogP contribution is -2.43. The van der Waals surface area contributed by atoms with Gasteiger partial charge in [0.25, 0.3) is 0 Å². The lowest BCUT2D eigenvalue weighted by Gasteiger charge is -2.27. The first-order valence-corrected chi connectivity index (χ1v) is 6.27. The van der Waals surface area contributed by atoms with Crippen LogP contribution in [0.2, 0.25) is 0 Å². The summed E-state index contributed by atoms with van der Waals surface area (Å²) in [4.78, 5) is 15.1. The smallest absolute Gasteiger partial charge is 0.432 e. The average Bonchev–Trinajstić information content (AvgIpc) is 2.78. The van der Waals surface area contributed by atoms with Gasteiger partial charge in [-0.2, -0.15) is 26.3 Å². The van der Waals surface area contributed by atoms with Gasteiger partial charge in [0.05, 0.1) is 0 Å². The number of esters is 1. The molecule has 2 heterocycles. The fourth-order valence-corrected chi connectivity index (χ4v) is 2.05. The van der Waals surface area contributed by atoms with Gasteiger partial charge in [-0.15, -0.1) is 0 Å². The summed E-state index contributed by atoms with van der Waals surface area (Å²) in [5.41, 5.74) is -1.25. The van der Waals surface area contributed by atoms with Gasteiger partial charge in [-0.05, 0) is 18.6 Å². The van der Waals surface area contributed by atoms with Crippen molar-refractivity contribution in [1.82, 2.24) is 4.98 Å². The predicted molar refractivity (Wildman–Crippen MR) is 63.1 cm³/mol. The molecule has 1 aromatic rings. The zero-order valence-corrected chi connectivity index (χ0v) is 11.2. The topological polar surface area (TPSA) is 62.7 Å². The third-order valence-corrected chi connectivity index (χ3v) is 3.08. The Kier molecular flexibility index (Phi) is 4.42. The molecule has 0 aromatic carbocycles. The molecule has 0 aliphatic carbocycles. The van der Waals surface area contributed by atoms with Crippen LogP contribution in [0.1, 0.15) is 12.1 Å². The SMILES string of the molecule is O=C(OC1C(O)CCN1c1cccc(C(F)(F)F)n1)C(F)(F)F. The second-order valence-electron chi connectivity index (χ2n) is 4.72. The highest BCUT2D eigenvalue weighted by molar-refractivity contribution is 5.76. The van der Waals surface area contributed by atoms with Gasteiger partial charge in [0.15, 0.2) is 0 Å². The summed E-state index contributed by atoms with van der Waals surface area (Å²) in [5, 5.41) is 9.63. The number of aliphatic hydroxyl groups excluding tert-OH is 1. The number of alkyl halides is 6. The lowest BCUT2D eigenvalue weighted by molar-refractivity contribution is -0.207. The monoisotopic (exact) mass is 344 g/mol. The summed E-state index contributed by atoms with van der Waals surface area (Å²) in [6.07, 6.45) is -13.4. The first-order valence-electron chi connectivity index (χ1n) is 6.27. The maximum atomic E-state index is 12.6.